The van der Waals surface area contributed by atoms with Crippen LogP contribution in [0.5, 0.6) is 11.6 Å². The van der Waals surface area contributed by atoms with Crippen LogP contribution in [0.2, 0.25) is 0 Å². The Morgan fingerprint density at radius 3 is 2.89 bits per heavy atom. The molecule has 4 aromatic rings. The molecule has 0 aliphatic carbocycles. The minimum absolute atomic E-state index is 0.254. The second-order valence-electron chi connectivity index (χ2n) is 5.68. The fourth-order valence-corrected chi connectivity index (χ4v) is 3.03. The lowest BCUT2D eigenvalue weighted by atomic mass is 10.2. The van der Waals surface area contributed by atoms with Gasteiger partial charge in [-0.15, -0.1) is 11.3 Å². The second-order valence-corrected chi connectivity index (χ2v) is 6.75. The van der Waals surface area contributed by atoms with Crippen LogP contribution in [0.1, 0.15) is 15.5 Å². The summed E-state index contributed by atoms with van der Waals surface area (Å²) in [5.74, 6) is 0.760. The summed E-state index contributed by atoms with van der Waals surface area (Å²) in [6.45, 7) is 1.95. The zero-order valence-corrected chi connectivity index (χ0v) is 15.2. The average Bonchev–Trinajstić information content (AvgIpc) is 3.33. The Balaban J connectivity index is 1.41. The third-order valence-corrected chi connectivity index (χ3v) is 4.47. The molecule has 0 unspecified atom stereocenters. The lowest BCUT2D eigenvalue weighted by Gasteiger charge is -2.06. The Morgan fingerprint density at radius 2 is 2.19 bits per heavy atom. The van der Waals surface area contributed by atoms with Crippen molar-refractivity contribution in [3.05, 3.63) is 71.2 Å². The van der Waals surface area contributed by atoms with Gasteiger partial charge in [-0.1, -0.05) is 0 Å². The van der Waals surface area contributed by atoms with Gasteiger partial charge in [-0.25, -0.2) is 9.97 Å². The number of rotatable bonds is 5. The molecule has 0 spiro atoms. The molecule has 4 aromatic heterocycles. The van der Waals surface area contributed by atoms with E-state index in [-0.39, 0.29) is 5.91 Å². The van der Waals surface area contributed by atoms with E-state index in [0.29, 0.717) is 23.0 Å². The summed E-state index contributed by atoms with van der Waals surface area (Å²) in [6, 6.07) is 8.75. The van der Waals surface area contributed by atoms with E-state index >= 15 is 0 Å². The van der Waals surface area contributed by atoms with Crippen LogP contribution < -0.4 is 10.1 Å². The fourth-order valence-electron chi connectivity index (χ4n) is 2.41. The van der Waals surface area contributed by atoms with E-state index < -0.39 is 0 Å². The van der Waals surface area contributed by atoms with Crippen molar-refractivity contribution in [2.75, 3.05) is 5.32 Å². The molecule has 0 aliphatic heterocycles. The molecule has 4 rings (SSSR count). The van der Waals surface area contributed by atoms with Crippen molar-refractivity contribution < 1.29 is 9.53 Å². The highest BCUT2D eigenvalue weighted by Gasteiger charge is 2.12. The van der Waals surface area contributed by atoms with E-state index in [1.165, 1.54) is 6.20 Å². The van der Waals surface area contributed by atoms with Crippen LogP contribution in [0.4, 0.5) is 5.69 Å². The summed E-state index contributed by atoms with van der Waals surface area (Å²) in [4.78, 5) is 28.0. The highest BCUT2D eigenvalue weighted by atomic mass is 32.1. The number of thiazole rings is 1. The molecule has 1 amide bonds. The van der Waals surface area contributed by atoms with E-state index in [2.05, 4.69) is 25.3 Å². The minimum atomic E-state index is -0.254. The maximum atomic E-state index is 12.4. The first kappa shape index (κ1) is 16.9. The topological polar surface area (TPSA) is 92.8 Å². The van der Waals surface area contributed by atoms with Crippen molar-refractivity contribution in [3.8, 4) is 22.9 Å². The molecule has 0 radical (unpaired) electrons. The lowest BCUT2D eigenvalue weighted by molar-refractivity contribution is 0.102. The van der Waals surface area contributed by atoms with E-state index in [0.717, 1.165) is 16.3 Å². The van der Waals surface area contributed by atoms with Gasteiger partial charge in [-0.3, -0.25) is 9.78 Å². The minimum Gasteiger partial charge on any atom is -0.437 e. The number of H-pyrrole nitrogens is 1. The highest BCUT2D eigenvalue weighted by Crippen LogP contribution is 2.23. The number of amides is 1. The smallest absolute Gasteiger partial charge is 0.272 e. The van der Waals surface area contributed by atoms with Crippen LogP contribution in [0.15, 0.2) is 60.5 Å². The van der Waals surface area contributed by atoms with Gasteiger partial charge in [0, 0.05) is 29.4 Å². The summed E-state index contributed by atoms with van der Waals surface area (Å²) in [7, 11) is 0. The van der Waals surface area contributed by atoms with Gasteiger partial charge in [0.05, 0.1) is 28.8 Å². The molecular formula is C19H15N5O2S. The van der Waals surface area contributed by atoms with E-state index in [1.807, 2.05) is 12.3 Å². The molecule has 0 atom stereocenters. The van der Waals surface area contributed by atoms with Gasteiger partial charge in [0.25, 0.3) is 5.91 Å². The largest absolute Gasteiger partial charge is 0.437 e. The first-order valence-electron chi connectivity index (χ1n) is 8.13. The van der Waals surface area contributed by atoms with Crippen molar-refractivity contribution in [1.82, 2.24) is 19.9 Å². The Morgan fingerprint density at radius 1 is 1.26 bits per heavy atom. The van der Waals surface area contributed by atoms with Crippen LogP contribution in [-0.4, -0.2) is 25.8 Å². The molecule has 4 heterocycles. The predicted octanol–water partition coefficient (Wildman–Crippen LogP) is 4.28. The summed E-state index contributed by atoms with van der Waals surface area (Å²) >= 11 is 1.57. The number of nitrogens with zero attached hydrogens (tertiary/aromatic N) is 3. The quantitative estimate of drug-likeness (QED) is 0.541. The normalized spacial score (nSPS) is 10.6. The van der Waals surface area contributed by atoms with Crippen molar-refractivity contribution in [1.29, 1.82) is 0 Å². The van der Waals surface area contributed by atoms with Gasteiger partial charge >= 0.3 is 0 Å². The van der Waals surface area contributed by atoms with Crippen molar-refractivity contribution >= 4 is 22.9 Å². The number of carbonyl (C=O) groups excluding carboxylic acids is 1. The number of pyridine rings is 2. The van der Waals surface area contributed by atoms with Gasteiger partial charge < -0.3 is 15.0 Å². The number of aromatic nitrogens is 4. The Kier molecular flexibility index (Phi) is 4.63. The molecule has 0 aliphatic rings. The number of anilines is 1. The molecule has 0 saturated heterocycles. The molecular weight excluding hydrogens is 362 g/mol. The molecule has 0 fully saturated rings. The lowest BCUT2D eigenvalue weighted by Crippen LogP contribution is -2.12. The summed E-state index contributed by atoms with van der Waals surface area (Å²) in [5, 5.41) is 5.75. The molecule has 8 heteroatoms. The van der Waals surface area contributed by atoms with Crippen LogP contribution in [0, 0.1) is 6.92 Å². The zero-order valence-electron chi connectivity index (χ0n) is 14.3. The standard InChI is InChI=1S/C19H15N5O2S/c1-12-23-17(11-27-12)13-7-16(21-8-13)19(25)24-14-4-5-18(22-9-14)26-15-3-2-6-20-10-15/h2-11,21H,1H3,(H,24,25). The predicted molar refractivity (Wildman–Crippen MR) is 103 cm³/mol. The first-order chi connectivity index (χ1) is 13.2. The van der Waals surface area contributed by atoms with E-state index in [9.17, 15) is 4.79 Å². The molecule has 2 N–H and O–H groups in total. The molecule has 7 nitrogen and oxygen atoms in total. The van der Waals surface area contributed by atoms with Crippen molar-refractivity contribution in [3.63, 3.8) is 0 Å². The van der Waals surface area contributed by atoms with Gasteiger partial charge in [0.15, 0.2) is 0 Å². The molecule has 0 bridgehead atoms. The van der Waals surface area contributed by atoms with Gasteiger partial charge in [0.1, 0.15) is 11.4 Å². The maximum absolute atomic E-state index is 12.4. The van der Waals surface area contributed by atoms with E-state index in [1.54, 1.807) is 60.3 Å². The first-order valence-corrected chi connectivity index (χ1v) is 9.01. The Bertz CT molecular complexity index is 1060. The molecule has 134 valence electrons. The van der Waals surface area contributed by atoms with Gasteiger partial charge in [0.2, 0.25) is 5.88 Å². The highest BCUT2D eigenvalue weighted by molar-refractivity contribution is 7.09. The zero-order chi connectivity index (χ0) is 18.6. The molecule has 27 heavy (non-hydrogen) atoms. The SMILES string of the molecule is Cc1nc(-c2c[nH]c(C(=O)Nc3ccc(Oc4cccnc4)nc3)c2)cs1. The maximum Gasteiger partial charge on any atom is 0.272 e. The monoisotopic (exact) mass is 377 g/mol. The van der Waals surface area contributed by atoms with Crippen LogP contribution >= 0.6 is 11.3 Å². The van der Waals surface area contributed by atoms with Crippen LogP contribution in [0.25, 0.3) is 11.3 Å². The number of aromatic amines is 1. The van der Waals surface area contributed by atoms with Crippen LogP contribution in [-0.2, 0) is 0 Å². The number of hydrogen-bond donors (Lipinski definition) is 2. The molecule has 0 aromatic carbocycles. The number of aryl methyl sites for hydroxylation is 1. The number of nitrogens with one attached hydrogen (secondary N) is 2. The average molecular weight is 377 g/mol. The number of carbonyl (C=O) groups is 1. The number of hydrogen-bond acceptors (Lipinski definition) is 6. The Hall–Kier alpha value is -3.52. The summed E-state index contributed by atoms with van der Waals surface area (Å²) in [5.41, 5.74) is 2.75. The van der Waals surface area contributed by atoms with Gasteiger partial charge in [-0.05, 0) is 31.2 Å². The van der Waals surface area contributed by atoms with Crippen molar-refractivity contribution in [2.45, 2.75) is 6.92 Å². The number of ether oxygens (including phenoxy) is 1. The van der Waals surface area contributed by atoms with Crippen molar-refractivity contribution in [2.24, 2.45) is 0 Å². The molecule has 0 saturated carbocycles. The fraction of sp³-hybridized carbons (Fsp3) is 0.0526. The van der Waals surface area contributed by atoms with Gasteiger partial charge in [-0.2, -0.15) is 0 Å². The summed E-state index contributed by atoms with van der Waals surface area (Å²) in [6.07, 6.45) is 6.58. The summed E-state index contributed by atoms with van der Waals surface area (Å²) < 4.78 is 5.58. The Labute approximate surface area is 159 Å². The second kappa shape index (κ2) is 7.38. The van der Waals surface area contributed by atoms with E-state index in [4.69, 9.17) is 4.74 Å². The third kappa shape index (κ3) is 4.01. The van der Waals surface area contributed by atoms with Crippen LogP contribution in [0.3, 0.4) is 0 Å². The third-order valence-electron chi connectivity index (χ3n) is 3.69.